The summed E-state index contributed by atoms with van der Waals surface area (Å²) in [6.07, 6.45) is 0.167. The molecule has 0 aliphatic rings. The topological polar surface area (TPSA) is 9.23 Å². The maximum absolute atomic E-state index is 5.91. The molecule has 0 spiro atoms. The molecule has 0 saturated heterocycles. The van der Waals surface area contributed by atoms with Gasteiger partial charge in [0.1, 0.15) is 5.75 Å². The number of halogens is 2. The summed E-state index contributed by atoms with van der Waals surface area (Å²) >= 11 is 8.14. The highest BCUT2D eigenvalue weighted by Crippen LogP contribution is 2.26. The molecule has 0 bridgehead atoms. The number of hydrogen-bond acceptors (Lipinski definition) is 1. The van der Waals surface area contributed by atoms with E-state index in [0.29, 0.717) is 5.02 Å². The quantitative estimate of drug-likeness (QED) is 0.756. The van der Waals surface area contributed by atoms with Crippen molar-refractivity contribution in [3.63, 3.8) is 0 Å². The van der Waals surface area contributed by atoms with E-state index in [1.54, 1.807) is 0 Å². The molecule has 0 aliphatic carbocycles. The van der Waals surface area contributed by atoms with E-state index in [2.05, 4.69) is 22.6 Å². The first-order valence-corrected chi connectivity index (χ1v) is 5.17. The first kappa shape index (κ1) is 10.1. The minimum Gasteiger partial charge on any atom is -0.489 e. The van der Waals surface area contributed by atoms with Crippen LogP contribution in [-0.4, -0.2) is 6.10 Å². The summed E-state index contributed by atoms with van der Waals surface area (Å²) in [5.41, 5.74) is 0. The van der Waals surface area contributed by atoms with Crippen LogP contribution in [0, 0.1) is 3.57 Å². The Kier molecular flexibility index (Phi) is 3.65. The molecule has 1 aromatic rings. The Balaban J connectivity index is 2.90. The maximum Gasteiger partial charge on any atom is 0.139 e. The van der Waals surface area contributed by atoms with E-state index < -0.39 is 0 Å². The molecule has 0 heterocycles. The molecule has 0 aromatic heterocycles. The van der Waals surface area contributed by atoms with Gasteiger partial charge in [-0.05, 0) is 54.6 Å². The van der Waals surface area contributed by atoms with Crippen LogP contribution in [0.1, 0.15) is 13.8 Å². The normalized spacial score (nSPS) is 10.4. The third-order valence-corrected chi connectivity index (χ3v) is 2.24. The number of benzene rings is 1. The van der Waals surface area contributed by atoms with Crippen molar-refractivity contribution in [1.82, 2.24) is 0 Å². The zero-order valence-electron chi connectivity index (χ0n) is 6.97. The second-order valence-corrected chi connectivity index (χ2v) is 4.39. The van der Waals surface area contributed by atoms with Crippen LogP contribution < -0.4 is 4.74 Å². The smallest absolute Gasteiger partial charge is 0.139 e. The summed E-state index contributed by atoms with van der Waals surface area (Å²) in [7, 11) is 0. The van der Waals surface area contributed by atoms with Gasteiger partial charge in [0.25, 0.3) is 0 Å². The Bertz CT molecular complexity index is 273. The second kappa shape index (κ2) is 4.33. The number of hydrogen-bond donors (Lipinski definition) is 0. The van der Waals surface area contributed by atoms with E-state index in [0.717, 1.165) is 9.32 Å². The Morgan fingerprint density at radius 2 is 2.08 bits per heavy atom. The maximum atomic E-state index is 5.91. The lowest BCUT2D eigenvalue weighted by Crippen LogP contribution is -2.05. The highest BCUT2D eigenvalue weighted by atomic mass is 127. The highest BCUT2D eigenvalue weighted by Gasteiger charge is 2.03. The van der Waals surface area contributed by atoms with Gasteiger partial charge in [-0.1, -0.05) is 11.6 Å². The van der Waals surface area contributed by atoms with E-state index >= 15 is 0 Å². The molecule has 0 amide bonds. The lowest BCUT2D eigenvalue weighted by molar-refractivity contribution is 0.242. The minimum atomic E-state index is 0.167. The summed E-state index contributed by atoms with van der Waals surface area (Å²) in [6.45, 7) is 3.96. The highest BCUT2D eigenvalue weighted by molar-refractivity contribution is 14.1. The largest absolute Gasteiger partial charge is 0.489 e. The van der Waals surface area contributed by atoms with E-state index in [-0.39, 0.29) is 6.10 Å². The van der Waals surface area contributed by atoms with Crippen LogP contribution in [0.5, 0.6) is 5.75 Å². The van der Waals surface area contributed by atoms with Crippen LogP contribution in [-0.2, 0) is 0 Å². The first-order chi connectivity index (χ1) is 5.59. The standard InChI is InChI=1S/C9H10ClIO/c1-6(2)12-9-5-7(11)3-4-8(9)10/h3-6H,1-2H3. The van der Waals surface area contributed by atoms with Gasteiger partial charge in [0.15, 0.2) is 0 Å². The third-order valence-electron chi connectivity index (χ3n) is 1.26. The molecule has 12 heavy (non-hydrogen) atoms. The summed E-state index contributed by atoms with van der Waals surface area (Å²) in [4.78, 5) is 0. The molecule has 1 rings (SSSR count). The average molecular weight is 297 g/mol. The van der Waals surface area contributed by atoms with Gasteiger partial charge >= 0.3 is 0 Å². The number of ether oxygens (including phenoxy) is 1. The molecule has 0 unspecified atom stereocenters. The molecule has 66 valence electrons. The minimum absolute atomic E-state index is 0.167. The van der Waals surface area contributed by atoms with Crippen molar-refractivity contribution in [2.75, 3.05) is 0 Å². The van der Waals surface area contributed by atoms with Gasteiger partial charge < -0.3 is 4.74 Å². The Morgan fingerprint density at radius 3 is 2.67 bits per heavy atom. The molecule has 0 radical (unpaired) electrons. The van der Waals surface area contributed by atoms with Gasteiger partial charge in [0.2, 0.25) is 0 Å². The van der Waals surface area contributed by atoms with Crippen molar-refractivity contribution in [3.8, 4) is 5.75 Å². The average Bonchev–Trinajstić information content (AvgIpc) is 1.96. The summed E-state index contributed by atoms with van der Waals surface area (Å²) < 4.78 is 6.62. The summed E-state index contributed by atoms with van der Waals surface area (Å²) in [5.74, 6) is 0.763. The van der Waals surface area contributed by atoms with Gasteiger partial charge in [-0.15, -0.1) is 0 Å². The van der Waals surface area contributed by atoms with Crippen LogP contribution in [0.25, 0.3) is 0 Å². The molecule has 0 fully saturated rings. The SMILES string of the molecule is CC(C)Oc1cc(I)ccc1Cl. The molecule has 0 aliphatic heterocycles. The molecular formula is C9H10ClIO. The lowest BCUT2D eigenvalue weighted by atomic mass is 10.3. The predicted molar refractivity (Wildman–Crippen MR) is 59.9 cm³/mol. The fourth-order valence-electron chi connectivity index (χ4n) is 0.821. The van der Waals surface area contributed by atoms with E-state index in [1.807, 2.05) is 32.0 Å². The van der Waals surface area contributed by atoms with Gasteiger partial charge in [0.05, 0.1) is 11.1 Å². The molecule has 1 nitrogen and oxygen atoms in total. The van der Waals surface area contributed by atoms with Crippen molar-refractivity contribution < 1.29 is 4.74 Å². The Hall–Kier alpha value is 0.0400. The predicted octanol–water partition coefficient (Wildman–Crippen LogP) is 3.73. The molecule has 3 heteroatoms. The zero-order chi connectivity index (χ0) is 9.14. The Labute approximate surface area is 91.2 Å². The summed E-state index contributed by atoms with van der Waals surface area (Å²) in [6, 6.07) is 5.74. The molecule has 0 atom stereocenters. The lowest BCUT2D eigenvalue weighted by Gasteiger charge is -2.11. The summed E-state index contributed by atoms with van der Waals surface area (Å²) in [5, 5.41) is 0.670. The van der Waals surface area contributed by atoms with Gasteiger partial charge in [-0.25, -0.2) is 0 Å². The van der Waals surface area contributed by atoms with Crippen molar-refractivity contribution in [1.29, 1.82) is 0 Å². The van der Waals surface area contributed by atoms with Gasteiger partial charge in [-0.3, -0.25) is 0 Å². The Morgan fingerprint density at radius 1 is 1.42 bits per heavy atom. The molecule has 0 saturated carbocycles. The molecule has 0 N–H and O–H groups in total. The van der Waals surface area contributed by atoms with Crippen LogP contribution in [0.15, 0.2) is 18.2 Å². The van der Waals surface area contributed by atoms with Crippen molar-refractivity contribution >= 4 is 34.2 Å². The fourth-order valence-corrected chi connectivity index (χ4v) is 1.45. The van der Waals surface area contributed by atoms with Crippen LogP contribution in [0.2, 0.25) is 5.02 Å². The molecular weight excluding hydrogens is 286 g/mol. The van der Waals surface area contributed by atoms with Gasteiger partial charge in [-0.2, -0.15) is 0 Å². The van der Waals surface area contributed by atoms with Crippen molar-refractivity contribution in [2.45, 2.75) is 20.0 Å². The van der Waals surface area contributed by atoms with E-state index in [4.69, 9.17) is 16.3 Å². The fraction of sp³-hybridized carbons (Fsp3) is 0.333. The first-order valence-electron chi connectivity index (χ1n) is 3.71. The number of rotatable bonds is 2. The van der Waals surface area contributed by atoms with Crippen LogP contribution >= 0.6 is 34.2 Å². The molecule has 1 aromatic carbocycles. The van der Waals surface area contributed by atoms with Crippen molar-refractivity contribution in [2.24, 2.45) is 0 Å². The van der Waals surface area contributed by atoms with Crippen LogP contribution in [0.4, 0.5) is 0 Å². The van der Waals surface area contributed by atoms with E-state index in [1.165, 1.54) is 0 Å². The van der Waals surface area contributed by atoms with Gasteiger partial charge in [0, 0.05) is 3.57 Å². The van der Waals surface area contributed by atoms with Crippen molar-refractivity contribution in [3.05, 3.63) is 26.8 Å². The van der Waals surface area contributed by atoms with E-state index in [9.17, 15) is 0 Å². The third kappa shape index (κ3) is 2.83. The monoisotopic (exact) mass is 296 g/mol. The second-order valence-electron chi connectivity index (χ2n) is 2.74. The zero-order valence-corrected chi connectivity index (χ0v) is 9.89. The van der Waals surface area contributed by atoms with Crippen LogP contribution in [0.3, 0.4) is 0 Å².